The zero-order valence-corrected chi connectivity index (χ0v) is 36.7. The summed E-state index contributed by atoms with van der Waals surface area (Å²) in [6.07, 6.45) is 0. The van der Waals surface area contributed by atoms with E-state index in [0.29, 0.717) is 0 Å². The fraction of sp³-hybridized carbons (Fsp3) is 0. The number of para-hydroxylation sites is 1. The quantitative estimate of drug-likeness (QED) is 0.137. The zero-order chi connectivity index (χ0) is 44.5. The van der Waals surface area contributed by atoms with E-state index in [1.807, 2.05) is 0 Å². The fourth-order valence-electron chi connectivity index (χ4n) is 9.66. The van der Waals surface area contributed by atoms with Crippen molar-refractivity contribution in [2.75, 3.05) is 9.80 Å². The second-order valence-corrected chi connectivity index (χ2v) is 16.9. The van der Waals surface area contributed by atoms with Crippen molar-refractivity contribution in [1.82, 2.24) is 0 Å². The molecule has 0 saturated heterocycles. The number of nitrogens with zero attached hydrogens (tertiary/aromatic N) is 2. The summed E-state index contributed by atoms with van der Waals surface area (Å²) in [6.45, 7) is 0. The molecule has 0 N–H and O–H groups in total. The van der Waals surface area contributed by atoms with Crippen LogP contribution in [-0.4, -0.2) is 0 Å². The molecule has 0 atom stereocenters. The maximum absolute atomic E-state index is 7.30. The van der Waals surface area contributed by atoms with Gasteiger partial charge in [-0.2, -0.15) is 0 Å². The molecular formula is C64H44N2O. The average Bonchev–Trinajstić information content (AvgIpc) is 3.78. The van der Waals surface area contributed by atoms with Gasteiger partial charge in [0.15, 0.2) is 5.58 Å². The molecule has 0 aliphatic heterocycles. The van der Waals surface area contributed by atoms with Crippen LogP contribution in [0.15, 0.2) is 271 Å². The summed E-state index contributed by atoms with van der Waals surface area (Å²) in [5.41, 5.74) is 17.0. The van der Waals surface area contributed by atoms with E-state index >= 15 is 0 Å². The van der Waals surface area contributed by atoms with Crippen LogP contribution in [0.2, 0.25) is 0 Å². The molecule has 0 spiro atoms. The minimum absolute atomic E-state index is 0.796. The Balaban J connectivity index is 1.12. The molecule has 11 aromatic carbocycles. The van der Waals surface area contributed by atoms with Crippen LogP contribution < -0.4 is 9.80 Å². The van der Waals surface area contributed by atoms with E-state index in [1.165, 1.54) is 16.7 Å². The van der Waals surface area contributed by atoms with Crippen molar-refractivity contribution in [3.8, 4) is 44.5 Å². The van der Waals surface area contributed by atoms with Crippen LogP contribution in [-0.2, 0) is 0 Å². The van der Waals surface area contributed by atoms with Crippen molar-refractivity contribution in [2.45, 2.75) is 0 Å². The molecule has 67 heavy (non-hydrogen) atoms. The second kappa shape index (κ2) is 17.2. The van der Waals surface area contributed by atoms with Gasteiger partial charge in [-0.3, -0.25) is 0 Å². The molecule has 0 aliphatic rings. The fourth-order valence-corrected chi connectivity index (χ4v) is 9.66. The lowest BCUT2D eigenvalue weighted by molar-refractivity contribution is 0.669. The number of anilines is 6. The van der Waals surface area contributed by atoms with Gasteiger partial charge in [-0.15, -0.1) is 0 Å². The SMILES string of the molecule is c1ccc(-c2cccc(N(c3cccc(-c4ccccc4)c3)c3ccc(N(c4ccccc4)c4cccc(-c5ccccc5-c5ccccc5)c4)c4c3oc3cc5ccccc5cc34)c2)cc1. The highest BCUT2D eigenvalue weighted by Gasteiger charge is 2.26. The van der Waals surface area contributed by atoms with E-state index in [2.05, 4.69) is 277 Å². The maximum atomic E-state index is 7.30. The molecule has 0 amide bonds. The highest BCUT2D eigenvalue weighted by atomic mass is 16.3. The van der Waals surface area contributed by atoms with Gasteiger partial charge in [0.2, 0.25) is 0 Å². The molecule has 12 rings (SSSR count). The number of hydrogen-bond donors (Lipinski definition) is 0. The molecule has 3 nitrogen and oxygen atoms in total. The van der Waals surface area contributed by atoms with E-state index in [-0.39, 0.29) is 0 Å². The number of fused-ring (bicyclic) bond motifs is 4. The van der Waals surface area contributed by atoms with Gasteiger partial charge in [0.25, 0.3) is 0 Å². The summed E-state index contributed by atoms with van der Waals surface area (Å²) in [5, 5.41) is 4.36. The van der Waals surface area contributed by atoms with Crippen molar-refractivity contribution >= 4 is 66.8 Å². The molecule has 0 saturated carbocycles. The zero-order valence-electron chi connectivity index (χ0n) is 36.7. The van der Waals surface area contributed by atoms with E-state index in [4.69, 9.17) is 4.42 Å². The first kappa shape index (κ1) is 39.7. The second-order valence-electron chi connectivity index (χ2n) is 16.9. The first-order chi connectivity index (χ1) is 33.2. The van der Waals surface area contributed by atoms with Crippen molar-refractivity contribution in [1.29, 1.82) is 0 Å². The van der Waals surface area contributed by atoms with Crippen LogP contribution in [0.4, 0.5) is 34.1 Å². The lowest BCUT2D eigenvalue weighted by atomic mass is 9.94. The van der Waals surface area contributed by atoms with Gasteiger partial charge in [0, 0.05) is 28.1 Å². The van der Waals surface area contributed by atoms with Gasteiger partial charge >= 0.3 is 0 Å². The lowest BCUT2D eigenvalue weighted by Gasteiger charge is -2.30. The topological polar surface area (TPSA) is 19.6 Å². The van der Waals surface area contributed by atoms with E-state index in [9.17, 15) is 0 Å². The third-order valence-corrected chi connectivity index (χ3v) is 12.8. The normalized spacial score (nSPS) is 11.3. The van der Waals surface area contributed by atoms with Crippen molar-refractivity contribution < 1.29 is 4.42 Å². The van der Waals surface area contributed by atoms with Gasteiger partial charge < -0.3 is 14.2 Å². The molecule has 316 valence electrons. The van der Waals surface area contributed by atoms with Gasteiger partial charge in [0.1, 0.15) is 5.58 Å². The minimum Gasteiger partial charge on any atom is -0.454 e. The molecule has 1 aromatic heterocycles. The summed E-state index contributed by atoms with van der Waals surface area (Å²) in [6, 6.07) is 95.4. The molecule has 0 bridgehead atoms. The van der Waals surface area contributed by atoms with Crippen molar-refractivity contribution in [2.24, 2.45) is 0 Å². The van der Waals surface area contributed by atoms with Crippen LogP contribution in [0, 0.1) is 0 Å². The number of furan rings is 1. The van der Waals surface area contributed by atoms with Gasteiger partial charge in [-0.25, -0.2) is 0 Å². The first-order valence-corrected chi connectivity index (χ1v) is 22.8. The Labute approximate surface area is 390 Å². The van der Waals surface area contributed by atoms with Gasteiger partial charge in [0.05, 0.1) is 16.8 Å². The molecule has 3 heteroatoms. The van der Waals surface area contributed by atoms with E-state index in [1.54, 1.807) is 0 Å². The summed E-state index contributed by atoms with van der Waals surface area (Å²) in [5.74, 6) is 0. The summed E-state index contributed by atoms with van der Waals surface area (Å²) < 4.78 is 7.30. The smallest absolute Gasteiger partial charge is 0.161 e. The Morgan fingerprint density at radius 2 is 0.672 bits per heavy atom. The van der Waals surface area contributed by atoms with Crippen molar-refractivity contribution in [3.63, 3.8) is 0 Å². The van der Waals surface area contributed by atoms with E-state index in [0.717, 1.165) is 94.7 Å². The van der Waals surface area contributed by atoms with Crippen LogP contribution in [0.5, 0.6) is 0 Å². The van der Waals surface area contributed by atoms with E-state index < -0.39 is 0 Å². The number of hydrogen-bond acceptors (Lipinski definition) is 3. The monoisotopic (exact) mass is 856 g/mol. The standard InChI is InChI=1S/C64H44N2O/c1-5-20-45(21-6-1)48-28-17-33-54(40-48)66(55-34-18-29-49(41-55)46-22-7-2-8-23-46)61-39-38-60(63-59-43-50-26-13-14-27-51(50)44-62(59)67-64(61)63)65(53-31-11-4-12-32-53)56-35-19-30-52(42-56)58-37-16-15-36-57(58)47-24-9-3-10-25-47/h1-44H. The molecule has 0 fully saturated rings. The summed E-state index contributed by atoms with van der Waals surface area (Å²) in [4.78, 5) is 4.75. The molecule has 0 aliphatic carbocycles. The molecule has 0 unspecified atom stereocenters. The minimum atomic E-state index is 0.796. The van der Waals surface area contributed by atoms with Gasteiger partial charge in [-0.05, 0) is 128 Å². The van der Waals surface area contributed by atoms with Crippen LogP contribution in [0.3, 0.4) is 0 Å². The maximum Gasteiger partial charge on any atom is 0.161 e. The van der Waals surface area contributed by atoms with Crippen LogP contribution in [0.1, 0.15) is 0 Å². The lowest BCUT2D eigenvalue weighted by Crippen LogP contribution is -2.13. The highest BCUT2D eigenvalue weighted by molar-refractivity contribution is 6.20. The number of benzene rings is 11. The number of rotatable bonds is 10. The first-order valence-electron chi connectivity index (χ1n) is 22.8. The Bertz CT molecular complexity index is 3610. The summed E-state index contributed by atoms with van der Waals surface area (Å²) >= 11 is 0. The Morgan fingerprint density at radius 1 is 0.269 bits per heavy atom. The predicted octanol–water partition coefficient (Wildman–Crippen LogP) is 18.3. The predicted molar refractivity (Wildman–Crippen MR) is 282 cm³/mol. The van der Waals surface area contributed by atoms with Crippen LogP contribution >= 0.6 is 0 Å². The van der Waals surface area contributed by atoms with Gasteiger partial charge in [-0.1, -0.05) is 194 Å². The highest BCUT2D eigenvalue weighted by Crippen LogP contribution is 2.50. The summed E-state index contributed by atoms with van der Waals surface area (Å²) in [7, 11) is 0. The average molecular weight is 857 g/mol. The molecule has 12 aromatic rings. The molecular weight excluding hydrogens is 813 g/mol. The largest absolute Gasteiger partial charge is 0.454 e. The van der Waals surface area contributed by atoms with Crippen molar-refractivity contribution in [3.05, 3.63) is 267 Å². The Morgan fingerprint density at radius 3 is 1.25 bits per heavy atom. The Kier molecular flexibility index (Phi) is 10.2. The third kappa shape index (κ3) is 7.49. The molecule has 1 heterocycles. The van der Waals surface area contributed by atoms with Crippen LogP contribution in [0.25, 0.3) is 77.2 Å². The Hall–Kier alpha value is -8.92. The molecule has 0 radical (unpaired) electrons. The third-order valence-electron chi connectivity index (χ3n) is 12.8.